The zero-order chi connectivity index (χ0) is 14.3. The number of carboxylic acid groups (broad SMARTS) is 1. The van der Waals surface area contributed by atoms with Gasteiger partial charge in [0.25, 0.3) is 0 Å². The molecule has 0 aromatic heterocycles. The van der Waals surface area contributed by atoms with E-state index in [1.54, 1.807) is 19.2 Å². The molecule has 1 amide bonds. The van der Waals surface area contributed by atoms with Crippen LogP contribution in [0.15, 0.2) is 24.3 Å². The van der Waals surface area contributed by atoms with Crippen LogP contribution in [0, 0.1) is 0 Å². The number of rotatable bonds is 7. The summed E-state index contributed by atoms with van der Waals surface area (Å²) in [7, 11) is 1.56. The van der Waals surface area contributed by atoms with Crippen molar-refractivity contribution >= 4 is 11.9 Å². The van der Waals surface area contributed by atoms with Crippen LogP contribution in [0.1, 0.15) is 12.0 Å². The molecule has 1 unspecified atom stereocenters. The third kappa shape index (κ3) is 4.95. The van der Waals surface area contributed by atoms with E-state index in [1.807, 2.05) is 12.1 Å². The van der Waals surface area contributed by atoms with Crippen molar-refractivity contribution in [2.75, 3.05) is 13.8 Å². The average Bonchev–Trinajstić information content (AvgIpc) is 2.42. The quantitative estimate of drug-likeness (QED) is 0.779. The van der Waals surface area contributed by atoms with Crippen LogP contribution in [0.5, 0.6) is 5.75 Å². The van der Waals surface area contributed by atoms with Crippen molar-refractivity contribution in [3.63, 3.8) is 0 Å². The van der Waals surface area contributed by atoms with Crippen molar-refractivity contribution in [3.8, 4) is 5.75 Å². The summed E-state index contributed by atoms with van der Waals surface area (Å²) in [6.45, 7) is -1.12. The van der Waals surface area contributed by atoms with Gasteiger partial charge in [-0.1, -0.05) is 12.1 Å². The second-order valence-corrected chi connectivity index (χ2v) is 3.96. The first-order valence-corrected chi connectivity index (χ1v) is 5.78. The van der Waals surface area contributed by atoms with Crippen LogP contribution in [0.25, 0.3) is 0 Å². The van der Waals surface area contributed by atoms with Gasteiger partial charge < -0.3 is 15.2 Å². The van der Waals surface area contributed by atoms with Crippen molar-refractivity contribution < 1.29 is 23.8 Å². The summed E-state index contributed by atoms with van der Waals surface area (Å²) in [4.78, 5) is 22.0. The van der Waals surface area contributed by atoms with E-state index in [-0.39, 0.29) is 6.42 Å². The number of carboxylic acids is 1. The number of amides is 1. The molecule has 1 aromatic rings. The van der Waals surface area contributed by atoms with Crippen molar-refractivity contribution in [1.82, 2.24) is 5.32 Å². The van der Waals surface area contributed by atoms with Gasteiger partial charge in [0, 0.05) is 6.42 Å². The molecule has 5 nitrogen and oxygen atoms in total. The van der Waals surface area contributed by atoms with Crippen molar-refractivity contribution in [2.24, 2.45) is 0 Å². The smallest absolute Gasteiger partial charge is 0.328 e. The number of hydrogen-bond acceptors (Lipinski definition) is 3. The topological polar surface area (TPSA) is 75.6 Å². The van der Waals surface area contributed by atoms with E-state index in [9.17, 15) is 14.0 Å². The second-order valence-electron chi connectivity index (χ2n) is 3.96. The molecule has 1 aromatic carbocycles. The Bertz CT molecular complexity index is 433. The molecular formula is C13H16FNO4. The summed E-state index contributed by atoms with van der Waals surface area (Å²) in [5.74, 6) is -1.14. The number of carbonyl (C=O) groups is 2. The third-order valence-corrected chi connectivity index (χ3v) is 2.59. The molecule has 0 spiro atoms. The number of nitrogens with one attached hydrogen (secondary N) is 1. The molecule has 1 rings (SSSR count). The Balaban J connectivity index is 2.42. The molecule has 0 fully saturated rings. The van der Waals surface area contributed by atoms with Crippen molar-refractivity contribution in [2.45, 2.75) is 18.9 Å². The lowest BCUT2D eigenvalue weighted by Crippen LogP contribution is -2.42. The van der Waals surface area contributed by atoms with Crippen LogP contribution in [-0.4, -0.2) is 36.8 Å². The highest BCUT2D eigenvalue weighted by atomic mass is 19.1. The standard InChI is InChI=1S/C13H16FNO4/c1-19-10-5-2-9(3-6-10)4-7-12(16)15-11(8-14)13(17)18/h2-3,5-6,11H,4,7-8H2,1H3,(H,15,16)(H,17,18). The average molecular weight is 269 g/mol. The van der Waals surface area contributed by atoms with E-state index in [0.717, 1.165) is 11.3 Å². The normalized spacial score (nSPS) is 11.7. The molecule has 0 aliphatic carbocycles. The van der Waals surface area contributed by atoms with Crippen LogP contribution < -0.4 is 10.1 Å². The molecule has 0 saturated carbocycles. The predicted molar refractivity (Wildman–Crippen MR) is 66.9 cm³/mol. The summed E-state index contributed by atoms with van der Waals surface area (Å²) in [6.07, 6.45) is 0.560. The molecule has 0 aliphatic heterocycles. The lowest BCUT2D eigenvalue weighted by molar-refractivity contribution is -0.142. The highest BCUT2D eigenvalue weighted by Crippen LogP contribution is 2.12. The molecule has 2 N–H and O–H groups in total. The predicted octanol–water partition coefficient (Wildman–Crippen LogP) is 1.17. The number of alkyl halides is 1. The maximum absolute atomic E-state index is 12.3. The van der Waals surface area contributed by atoms with Gasteiger partial charge in [0.15, 0.2) is 6.04 Å². The molecule has 104 valence electrons. The third-order valence-electron chi connectivity index (χ3n) is 2.59. The highest BCUT2D eigenvalue weighted by Gasteiger charge is 2.19. The van der Waals surface area contributed by atoms with Gasteiger partial charge in [-0.3, -0.25) is 4.79 Å². The SMILES string of the molecule is COc1ccc(CCC(=O)NC(CF)C(=O)O)cc1. The first-order valence-electron chi connectivity index (χ1n) is 5.78. The van der Waals surface area contributed by atoms with Crippen molar-refractivity contribution in [3.05, 3.63) is 29.8 Å². The van der Waals surface area contributed by atoms with Crippen molar-refractivity contribution in [1.29, 1.82) is 0 Å². The molecule has 19 heavy (non-hydrogen) atoms. The van der Waals surface area contributed by atoms with Gasteiger partial charge in [0.05, 0.1) is 7.11 Å². The van der Waals surface area contributed by atoms with Crippen LogP contribution in [0.2, 0.25) is 0 Å². The van der Waals surface area contributed by atoms with E-state index in [4.69, 9.17) is 9.84 Å². The summed E-state index contributed by atoms with van der Waals surface area (Å²) in [6, 6.07) is 5.71. The van der Waals surface area contributed by atoms with Gasteiger partial charge in [-0.05, 0) is 24.1 Å². The number of benzene rings is 1. The van der Waals surface area contributed by atoms with Crippen LogP contribution in [-0.2, 0) is 16.0 Å². The minimum atomic E-state index is -1.47. The summed E-state index contributed by atoms with van der Waals surface area (Å²) < 4.78 is 17.3. The Hall–Kier alpha value is -2.11. The van der Waals surface area contributed by atoms with E-state index in [0.29, 0.717) is 6.42 Å². The van der Waals surface area contributed by atoms with Crippen LogP contribution in [0.3, 0.4) is 0 Å². The Morgan fingerprint density at radius 1 is 1.37 bits per heavy atom. The first kappa shape index (κ1) is 14.9. The lowest BCUT2D eigenvalue weighted by atomic mass is 10.1. The van der Waals surface area contributed by atoms with E-state index in [1.165, 1.54) is 0 Å². The Kier molecular flexibility index (Phi) is 5.78. The van der Waals surface area contributed by atoms with Gasteiger partial charge in [-0.2, -0.15) is 0 Å². The molecule has 0 radical (unpaired) electrons. The van der Waals surface area contributed by atoms with Gasteiger partial charge in [0.2, 0.25) is 5.91 Å². The monoisotopic (exact) mass is 269 g/mol. The maximum atomic E-state index is 12.3. The molecule has 0 bridgehead atoms. The van der Waals surface area contributed by atoms with Gasteiger partial charge in [-0.25, -0.2) is 9.18 Å². The minimum absolute atomic E-state index is 0.107. The largest absolute Gasteiger partial charge is 0.497 e. The summed E-state index contributed by atoms with van der Waals surface area (Å²) >= 11 is 0. The molecule has 0 saturated heterocycles. The Morgan fingerprint density at radius 3 is 2.47 bits per heavy atom. The van der Waals surface area contributed by atoms with Crippen LogP contribution >= 0.6 is 0 Å². The zero-order valence-electron chi connectivity index (χ0n) is 10.6. The molecule has 0 heterocycles. The highest BCUT2D eigenvalue weighted by molar-refractivity contribution is 5.83. The number of methoxy groups -OCH3 is 1. The van der Waals surface area contributed by atoms with Gasteiger partial charge >= 0.3 is 5.97 Å². The zero-order valence-corrected chi connectivity index (χ0v) is 10.6. The minimum Gasteiger partial charge on any atom is -0.497 e. The van der Waals surface area contributed by atoms with E-state index < -0.39 is 24.6 Å². The Morgan fingerprint density at radius 2 is 2.00 bits per heavy atom. The van der Waals surface area contributed by atoms with Gasteiger partial charge in [0.1, 0.15) is 12.4 Å². The fraction of sp³-hybridized carbons (Fsp3) is 0.385. The van der Waals surface area contributed by atoms with Gasteiger partial charge in [-0.15, -0.1) is 0 Å². The summed E-state index contributed by atoms with van der Waals surface area (Å²) in [5, 5.41) is 10.7. The first-order chi connectivity index (χ1) is 9.06. The molecule has 6 heteroatoms. The number of ether oxygens (including phenoxy) is 1. The number of hydrogen-bond donors (Lipinski definition) is 2. The summed E-state index contributed by atoms with van der Waals surface area (Å²) in [5.41, 5.74) is 0.920. The molecule has 0 aliphatic rings. The van der Waals surface area contributed by atoms with E-state index >= 15 is 0 Å². The number of carbonyl (C=O) groups excluding carboxylic acids is 1. The number of halogens is 1. The Labute approximate surface area is 110 Å². The maximum Gasteiger partial charge on any atom is 0.328 e. The molecular weight excluding hydrogens is 253 g/mol. The lowest BCUT2D eigenvalue weighted by Gasteiger charge is -2.10. The van der Waals surface area contributed by atoms with E-state index in [2.05, 4.69) is 5.32 Å². The van der Waals surface area contributed by atoms with Crippen LogP contribution in [0.4, 0.5) is 4.39 Å². The fourth-order valence-electron chi connectivity index (χ4n) is 1.48. The number of aliphatic carboxylic acids is 1. The second kappa shape index (κ2) is 7.35. The number of aryl methyl sites for hydroxylation is 1. The molecule has 1 atom stereocenters. The fourth-order valence-corrected chi connectivity index (χ4v) is 1.48.